The molecule has 0 saturated heterocycles. The van der Waals surface area contributed by atoms with E-state index in [4.69, 9.17) is 4.74 Å². The molecule has 0 aromatic heterocycles. The number of aliphatic imine (C=N–C) groups is 1. The number of hydrogen-bond donors (Lipinski definition) is 3. The van der Waals surface area contributed by atoms with E-state index in [1.54, 1.807) is 0 Å². The van der Waals surface area contributed by atoms with Gasteiger partial charge in [0.25, 0.3) is 0 Å². The standard InChI is InChI=1S/C19H40N4O2/c1-5-20-19(21-13-18(24)15-25-14-17-10-11-17)22-16(4)9-8-12-23(6-2)7-3/h16-18,24H,5-15H2,1-4H3,(H2,20,21,22). The molecule has 1 fully saturated rings. The topological polar surface area (TPSA) is 69.1 Å². The molecule has 2 atom stereocenters. The van der Waals surface area contributed by atoms with Crippen molar-refractivity contribution in [3.63, 3.8) is 0 Å². The van der Waals surface area contributed by atoms with Crippen molar-refractivity contribution < 1.29 is 9.84 Å². The number of nitrogens with zero attached hydrogens (tertiary/aromatic N) is 2. The molecule has 6 nitrogen and oxygen atoms in total. The van der Waals surface area contributed by atoms with Crippen LogP contribution >= 0.6 is 0 Å². The van der Waals surface area contributed by atoms with Crippen LogP contribution in [0.1, 0.15) is 53.4 Å². The number of nitrogens with one attached hydrogen (secondary N) is 2. The minimum absolute atomic E-state index is 0.358. The number of aliphatic hydroxyl groups excluding tert-OH is 1. The lowest BCUT2D eigenvalue weighted by Crippen LogP contribution is -2.43. The highest BCUT2D eigenvalue weighted by Crippen LogP contribution is 2.28. The van der Waals surface area contributed by atoms with Crippen molar-refractivity contribution in [3.8, 4) is 0 Å². The Morgan fingerprint density at radius 1 is 1.28 bits per heavy atom. The molecule has 25 heavy (non-hydrogen) atoms. The summed E-state index contributed by atoms with van der Waals surface area (Å²) in [5.74, 6) is 1.51. The molecule has 2 unspecified atom stereocenters. The summed E-state index contributed by atoms with van der Waals surface area (Å²) in [7, 11) is 0. The van der Waals surface area contributed by atoms with Crippen LogP contribution < -0.4 is 10.6 Å². The first kappa shape index (κ1) is 22.2. The van der Waals surface area contributed by atoms with Crippen LogP contribution in [-0.2, 0) is 4.74 Å². The van der Waals surface area contributed by atoms with Gasteiger partial charge in [-0.3, -0.25) is 4.99 Å². The summed E-state index contributed by atoms with van der Waals surface area (Å²) in [5, 5.41) is 16.7. The van der Waals surface area contributed by atoms with Crippen LogP contribution in [-0.4, -0.2) is 74.0 Å². The summed E-state index contributed by atoms with van der Waals surface area (Å²) < 4.78 is 5.52. The van der Waals surface area contributed by atoms with Crippen LogP contribution in [0.15, 0.2) is 4.99 Å². The smallest absolute Gasteiger partial charge is 0.191 e. The highest BCUT2D eigenvalue weighted by Gasteiger charge is 2.21. The molecule has 6 heteroatoms. The van der Waals surface area contributed by atoms with E-state index in [9.17, 15) is 5.11 Å². The van der Waals surface area contributed by atoms with Crippen LogP contribution in [0.5, 0.6) is 0 Å². The maximum Gasteiger partial charge on any atom is 0.191 e. The van der Waals surface area contributed by atoms with Gasteiger partial charge in [0, 0.05) is 19.2 Å². The third kappa shape index (κ3) is 11.4. The largest absolute Gasteiger partial charge is 0.389 e. The molecule has 148 valence electrons. The van der Waals surface area contributed by atoms with Gasteiger partial charge in [0.2, 0.25) is 0 Å². The highest BCUT2D eigenvalue weighted by molar-refractivity contribution is 5.80. The molecule has 0 heterocycles. The molecular formula is C19H40N4O2. The third-order valence-corrected chi connectivity index (χ3v) is 4.55. The van der Waals surface area contributed by atoms with Crippen LogP contribution in [0, 0.1) is 5.92 Å². The first-order valence-electron chi connectivity index (χ1n) is 10.1. The molecule has 0 radical (unpaired) electrons. The maximum atomic E-state index is 10.00. The van der Waals surface area contributed by atoms with Crippen LogP contribution in [0.3, 0.4) is 0 Å². The van der Waals surface area contributed by atoms with E-state index in [1.807, 2.05) is 0 Å². The van der Waals surface area contributed by atoms with Gasteiger partial charge in [-0.1, -0.05) is 13.8 Å². The number of aliphatic hydroxyl groups is 1. The van der Waals surface area contributed by atoms with Crippen molar-refractivity contribution >= 4 is 5.96 Å². The van der Waals surface area contributed by atoms with Gasteiger partial charge in [0.15, 0.2) is 5.96 Å². The number of ether oxygens (including phenoxy) is 1. The monoisotopic (exact) mass is 356 g/mol. The van der Waals surface area contributed by atoms with Crippen LogP contribution in [0.2, 0.25) is 0 Å². The Bertz CT molecular complexity index is 357. The zero-order valence-electron chi connectivity index (χ0n) is 16.8. The summed E-state index contributed by atoms with van der Waals surface area (Å²) in [6.45, 7) is 14.4. The third-order valence-electron chi connectivity index (χ3n) is 4.55. The normalized spacial score (nSPS) is 17.6. The molecule has 1 rings (SSSR count). The molecule has 0 amide bonds. The van der Waals surface area contributed by atoms with E-state index in [0.717, 1.165) is 51.1 Å². The summed E-state index contributed by atoms with van der Waals surface area (Å²) >= 11 is 0. The summed E-state index contributed by atoms with van der Waals surface area (Å²) in [4.78, 5) is 6.94. The van der Waals surface area contributed by atoms with Gasteiger partial charge in [-0.2, -0.15) is 0 Å². The molecule has 0 aromatic carbocycles. The van der Waals surface area contributed by atoms with Crippen LogP contribution in [0.25, 0.3) is 0 Å². The Labute approximate surface area is 154 Å². The molecule has 0 aromatic rings. The van der Waals surface area contributed by atoms with Crippen molar-refractivity contribution in [2.24, 2.45) is 10.9 Å². The van der Waals surface area contributed by atoms with Crippen molar-refractivity contribution in [1.29, 1.82) is 0 Å². The van der Waals surface area contributed by atoms with Gasteiger partial charge in [0.1, 0.15) is 0 Å². The number of hydrogen-bond acceptors (Lipinski definition) is 4. The van der Waals surface area contributed by atoms with E-state index in [2.05, 4.69) is 48.2 Å². The average molecular weight is 357 g/mol. The van der Waals surface area contributed by atoms with Crippen molar-refractivity contribution in [3.05, 3.63) is 0 Å². The Morgan fingerprint density at radius 3 is 2.60 bits per heavy atom. The predicted molar refractivity (Wildman–Crippen MR) is 105 cm³/mol. The van der Waals surface area contributed by atoms with Gasteiger partial charge >= 0.3 is 0 Å². The molecule has 0 bridgehead atoms. The van der Waals surface area contributed by atoms with E-state index in [-0.39, 0.29) is 0 Å². The number of rotatable bonds is 14. The van der Waals surface area contributed by atoms with Crippen molar-refractivity contribution in [1.82, 2.24) is 15.5 Å². The molecule has 1 saturated carbocycles. The van der Waals surface area contributed by atoms with Gasteiger partial charge in [-0.25, -0.2) is 0 Å². The molecule has 3 N–H and O–H groups in total. The van der Waals surface area contributed by atoms with Gasteiger partial charge in [-0.05, 0) is 65.1 Å². The SMILES string of the molecule is CCNC(=NCC(O)COCC1CC1)NC(C)CCCN(CC)CC. The average Bonchev–Trinajstić information content (AvgIpc) is 3.41. The minimum atomic E-state index is -0.535. The first-order valence-corrected chi connectivity index (χ1v) is 10.1. The van der Waals surface area contributed by atoms with E-state index in [1.165, 1.54) is 19.3 Å². The van der Waals surface area contributed by atoms with Gasteiger partial charge in [0.05, 0.1) is 19.3 Å². The highest BCUT2D eigenvalue weighted by atomic mass is 16.5. The lowest BCUT2D eigenvalue weighted by atomic mass is 10.2. The quantitative estimate of drug-likeness (QED) is 0.327. The lowest BCUT2D eigenvalue weighted by molar-refractivity contribution is 0.0368. The summed E-state index contributed by atoms with van der Waals surface area (Å²) in [5.41, 5.74) is 0. The van der Waals surface area contributed by atoms with Crippen molar-refractivity contribution in [2.45, 2.75) is 65.5 Å². The van der Waals surface area contributed by atoms with Crippen LogP contribution in [0.4, 0.5) is 0 Å². The zero-order valence-corrected chi connectivity index (χ0v) is 16.8. The Kier molecular flexibility index (Phi) is 11.9. The second-order valence-corrected chi connectivity index (χ2v) is 7.07. The summed E-state index contributed by atoms with van der Waals surface area (Å²) in [6.07, 6.45) is 4.29. The minimum Gasteiger partial charge on any atom is -0.389 e. The second kappa shape index (κ2) is 13.4. The molecule has 1 aliphatic carbocycles. The van der Waals surface area contributed by atoms with E-state index < -0.39 is 6.10 Å². The maximum absolute atomic E-state index is 10.00. The Hall–Kier alpha value is -0.850. The molecular weight excluding hydrogens is 316 g/mol. The molecule has 0 aliphatic heterocycles. The fourth-order valence-corrected chi connectivity index (χ4v) is 2.69. The summed E-state index contributed by atoms with van der Waals surface area (Å²) in [6, 6.07) is 0.358. The first-order chi connectivity index (χ1) is 12.1. The molecule has 0 spiro atoms. The van der Waals surface area contributed by atoms with Gasteiger partial charge in [-0.15, -0.1) is 0 Å². The predicted octanol–water partition coefficient (Wildman–Crippen LogP) is 1.84. The zero-order chi connectivity index (χ0) is 18.5. The molecule has 1 aliphatic rings. The van der Waals surface area contributed by atoms with E-state index >= 15 is 0 Å². The fraction of sp³-hybridized carbons (Fsp3) is 0.947. The van der Waals surface area contributed by atoms with Gasteiger partial charge < -0.3 is 25.4 Å². The number of guanidine groups is 1. The fourth-order valence-electron chi connectivity index (χ4n) is 2.69. The van der Waals surface area contributed by atoms with E-state index in [0.29, 0.717) is 19.2 Å². The Morgan fingerprint density at radius 2 is 2.00 bits per heavy atom. The van der Waals surface area contributed by atoms with Crippen molar-refractivity contribution in [2.75, 3.05) is 45.9 Å². The second-order valence-electron chi connectivity index (χ2n) is 7.07. The lowest BCUT2D eigenvalue weighted by Gasteiger charge is -2.21. The Balaban J connectivity index is 2.24.